The molecule has 17 heavy (non-hydrogen) atoms. The molecular weight excluding hydrogens is 214 g/mol. The number of imidazole rings is 1. The van der Waals surface area contributed by atoms with E-state index in [1.807, 2.05) is 31.6 Å². The molecule has 0 aliphatic carbocycles. The smallest absolute Gasteiger partial charge is 0.203 e. The third-order valence-electron chi connectivity index (χ3n) is 3.15. The van der Waals surface area contributed by atoms with Gasteiger partial charge in [-0.3, -0.25) is 0 Å². The van der Waals surface area contributed by atoms with Crippen molar-refractivity contribution >= 4 is 5.95 Å². The van der Waals surface area contributed by atoms with Crippen molar-refractivity contribution in [1.29, 1.82) is 0 Å². The zero-order valence-corrected chi connectivity index (χ0v) is 9.76. The molecule has 0 spiro atoms. The Bertz CT molecular complexity index is 521. The molecule has 0 saturated heterocycles. The molecule has 1 aliphatic rings. The van der Waals surface area contributed by atoms with Crippen molar-refractivity contribution < 1.29 is 4.74 Å². The lowest BCUT2D eigenvalue weighted by Crippen LogP contribution is -2.20. The standard InChI is InChI=1S/C13H15N3O/c1-14-13-15-7-8-16(13)11-6-9-17-12-5-3-2-4-10(11)12/h2-5,7-8,11H,6,9H2,1H3,(H,14,15). The molecule has 1 N–H and O–H groups in total. The topological polar surface area (TPSA) is 39.1 Å². The van der Waals surface area contributed by atoms with E-state index in [-0.39, 0.29) is 0 Å². The highest BCUT2D eigenvalue weighted by Gasteiger charge is 2.23. The van der Waals surface area contributed by atoms with Gasteiger partial charge in [-0.15, -0.1) is 0 Å². The molecule has 88 valence electrons. The maximum absolute atomic E-state index is 5.67. The van der Waals surface area contributed by atoms with Gasteiger partial charge >= 0.3 is 0 Å². The Hall–Kier alpha value is -1.97. The van der Waals surface area contributed by atoms with Crippen LogP contribution in [-0.4, -0.2) is 23.2 Å². The minimum atomic E-state index is 0.310. The van der Waals surface area contributed by atoms with E-state index in [2.05, 4.69) is 27.0 Å². The fourth-order valence-electron chi connectivity index (χ4n) is 2.37. The second-order valence-electron chi connectivity index (χ2n) is 4.10. The second-order valence-corrected chi connectivity index (χ2v) is 4.10. The zero-order valence-electron chi connectivity index (χ0n) is 9.76. The van der Waals surface area contributed by atoms with Gasteiger partial charge in [-0.05, 0) is 6.07 Å². The average Bonchev–Trinajstić information content (AvgIpc) is 2.86. The number of benzene rings is 1. The van der Waals surface area contributed by atoms with E-state index < -0.39 is 0 Å². The van der Waals surface area contributed by atoms with Gasteiger partial charge in [0.05, 0.1) is 12.6 Å². The van der Waals surface area contributed by atoms with Crippen molar-refractivity contribution in [3.05, 3.63) is 42.2 Å². The molecule has 2 heterocycles. The van der Waals surface area contributed by atoms with Crippen molar-refractivity contribution in [3.63, 3.8) is 0 Å². The number of nitrogens with one attached hydrogen (secondary N) is 1. The summed E-state index contributed by atoms with van der Waals surface area (Å²) in [5.74, 6) is 1.88. The quantitative estimate of drug-likeness (QED) is 0.858. The SMILES string of the molecule is CNc1nccn1C1CCOc2ccccc21. The highest BCUT2D eigenvalue weighted by molar-refractivity contribution is 5.40. The zero-order chi connectivity index (χ0) is 11.7. The van der Waals surface area contributed by atoms with Gasteiger partial charge in [-0.25, -0.2) is 4.98 Å². The number of aromatic nitrogens is 2. The Balaban J connectivity index is 2.06. The number of fused-ring (bicyclic) bond motifs is 1. The van der Waals surface area contributed by atoms with E-state index in [0.29, 0.717) is 6.04 Å². The average molecular weight is 229 g/mol. The van der Waals surface area contributed by atoms with Gasteiger partial charge < -0.3 is 14.6 Å². The maximum atomic E-state index is 5.67. The first-order chi connectivity index (χ1) is 8.40. The van der Waals surface area contributed by atoms with Gasteiger partial charge in [0.2, 0.25) is 5.95 Å². The van der Waals surface area contributed by atoms with Gasteiger partial charge in [-0.2, -0.15) is 0 Å². The first-order valence-electron chi connectivity index (χ1n) is 5.82. The molecule has 0 bridgehead atoms. The Morgan fingerprint density at radius 3 is 3.18 bits per heavy atom. The van der Waals surface area contributed by atoms with Crippen LogP contribution in [0.2, 0.25) is 0 Å². The van der Waals surface area contributed by atoms with Crippen LogP contribution in [0.25, 0.3) is 0 Å². The van der Waals surface area contributed by atoms with Crippen molar-refractivity contribution in [2.24, 2.45) is 0 Å². The van der Waals surface area contributed by atoms with Crippen LogP contribution in [0.5, 0.6) is 5.75 Å². The summed E-state index contributed by atoms with van der Waals surface area (Å²) in [6.45, 7) is 0.753. The van der Waals surface area contributed by atoms with E-state index in [4.69, 9.17) is 4.74 Å². The molecule has 0 amide bonds. The molecule has 4 nitrogen and oxygen atoms in total. The number of hydrogen-bond donors (Lipinski definition) is 1. The Morgan fingerprint density at radius 2 is 2.29 bits per heavy atom. The molecule has 0 saturated carbocycles. The lowest BCUT2D eigenvalue weighted by Gasteiger charge is -2.27. The minimum Gasteiger partial charge on any atom is -0.493 e. The summed E-state index contributed by atoms with van der Waals surface area (Å²) >= 11 is 0. The van der Waals surface area contributed by atoms with E-state index in [1.165, 1.54) is 5.56 Å². The molecular formula is C13H15N3O. The number of para-hydroxylation sites is 1. The molecule has 4 heteroatoms. The summed E-state index contributed by atoms with van der Waals surface area (Å²) in [5, 5.41) is 3.11. The van der Waals surface area contributed by atoms with Crippen molar-refractivity contribution in [2.45, 2.75) is 12.5 Å². The largest absolute Gasteiger partial charge is 0.493 e. The van der Waals surface area contributed by atoms with Crippen LogP contribution in [0.1, 0.15) is 18.0 Å². The number of nitrogens with zero attached hydrogens (tertiary/aromatic N) is 2. The molecule has 1 unspecified atom stereocenters. The van der Waals surface area contributed by atoms with Gasteiger partial charge in [0, 0.05) is 31.4 Å². The fourth-order valence-corrected chi connectivity index (χ4v) is 2.37. The van der Waals surface area contributed by atoms with Crippen LogP contribution in [0.4, 0.5) is 5.95 Å². The first-order valence-corrected chi connectivity index (χ1v) is 5.82. The number of ether oxygens (including phenoxy) is 1. The van der Waals surface area contributed by atoms with E-state index in [0.717, 1.165) is 24.7 Å². The van der Waals surface area contributed by atoms with Crippen LogP contribution in [-0.2, 0) is 0 Å². The van der Waals surface area contributed by atoms with Crippen LogP contribution < -0.4 is 10.1 Å². The second kappa shape index (κ2) is 4.13. The summed E-state index contributed by atoms with van der Waals surface area (Å²) < 4.78 is 7.84. The molecule has 1 aromatic heterocycles. The summed E-state index contributed by atoms with van der Waals surface area (Å²) in [4.78, 5) is 4.29. The summed E-state index contributed by atoms with van der Waals surface area (Å²) in [5.41, 5.74) is 1.23. The third kappa shape index (κ3) is 1.65. The summed E-state index contributed by atoms with van der Waals surface area (Å²) in [6.07, 6.45) is 4.81. The van der Waals surface area contributed by atoms with E-state index >= 15 is 0 Å². The Kier molecular flexibility index (Phi) is 2.48. The van der Waals surface area contributed by atoms with Gasteiger partial charge in [-0.1, -0.05) is 18.2 Å². The highest BCUT2D eigenvalue weighted by Crippen LogP contribution is 2.35. The first kappa shape index (κ1) is 10.2. The van der Waals surface area contributed by atoms with Gasteiger partial charge in [0.1, 0.15) is 5.75 Å². The van der Waals surface area contributed by atoms with Gasteiger partial charge in [0.15, 0.2) is 0 Å². The van der Waals surface area contributed by atoms with Crippen LogP contribution >= 0.6 is 0 Å². The molecule has 1 aliphatic heterocycles. The van der Waals surface area contributed by atoms with Crippen molar-refractivity contribution in [1.82, 2.24) is 9.55 Å². The highest BCUT2D eigenvalue weighted by atomic mass is 16.5. The van der Waals surface area contributed by atoms with Crippen LogP contribution in [0, 0.1) is 0 Å². The monoisotopic (exact) mass is 229 g/mol. The molecule has 1 aromatic carbocycles. The predicted molar refractivity (Wildman–Crippen MR) is 66.5 cm³/mol. The third-order valence-corrected chi connectivity index (χ3v) is 3.15. The normalized spacial score (nSPS) is 18.3. The van der Waals surface area contributed by atoms with Crippen molar-refractivity contribution in [2.75, 3.05) is 19.0 Å². The lowest BCUT2D eigenvalue weighted by molar-refractivity contribution is 0.257. The molecule has 1 atom stereocenters. The Morgan fingerprint density at radius 1 is 1.41 bits per heavy atom. The molecule has 0 radical (unpaired) electrons. The molecule has 0 fully saturated rings. The predicted octanol–water partition coefficient (Wildman–Crippen LogP) is 2.30. The number of hydrogen-bond acceptors (Lipinski definition) is 3. The van der Waals surface area contributed by atoms with E-state index in [1.54, 1.807) is 0 Å². The van der Waals surface area contributed by atoms with Crippen molar-refractivity contribution in [3.8, 4) is 5.75 Å². The summed E-state index contributed by atoms with van der Waals surface area (Å²) in [6, 6.07) is 8.52. The molecule has 2 aromatic rings. The number of rotatable bonds is 2. The maximum Gasteiger partial charge on any atom is 0.203 e. The fraction of sp³-hybridized carbons (Fsp3) is 0.308. The Labute approximate surface area is 100 Å². The summed E-state index contributed by atoms with van der Waals surface area (Å²) in [7, 11) is 1.89. The number of anilines is 1. The van der Waals surface area contributed by atoms with Crippen LogP contribution in [0.15, 0.2) is 36.7 Å². The van der Waals surface area contributed by atoms with Gasteiger partial charge in [0.25, 0.3) is 0 Å². The minimum absolute atomic E-state index is 0.310. The lowest BCUT2D eigenvalue weighted by atomic mass is 10.0. The van der Waals surface area contributed by atoms with E-state index in [9.17, 15) is 0 Å². The molecule has 3 rings (SSSR count). The van der Waals surface area contributed by atoms with Crippen LogP contribution in [0.3, 0.4) is 0 Å².